The number of nitrogens with one attached hydrogen (secondary N) is 2. The number of methoxy groups -OCH3 is 1. The molecular formula is C11H21N3O. The molecule has 1 heterocycles. The molecule has 0 aromatic carbocycles. The summed E-state index contributed by atoms with van der Waals surface area (Å²) in [6.07, 6.45) is 0. The van der Waals surface area contributed by atoms with Crippen LogP contribution in [0.25, 0.3) is 0 Å². The lowest BCUT2D eigenvalue weighted by Crippen LogP contribution is -2.23. The molecule has 1 unspecified atom stereocenters. The summed E-state index contributed by atoms with van der Waals surface area (Å²) >= 11 is 0. The highest BCUT2D eigenvalue weighted by molar-refractivity contribution is 5.22. The first kappa shape index (κ1) is 12.2. The van der Waals surface area contributed by atoms with Gasteiger partial charge in [0.25, 0.3) is 0 Å². The van der Waals surface area contributed by atoms with Crippen molar-refractivity contribution in [1.82, 2.24) is 15.5 Å². The summed E-state index contributed by atoms with van der Waals surface area (Å²) in [6.45, 7) is 8.90. The van der Waals surface area contributed by atoms with Gasteiger partial charge >= 0.3 is 0 Å². The van der Waals surface area contributed by atoms with Crippen LogP contribution in [0.2, 0.25) is 0 Å². The monoisotopic (exact) mass is 211 g/mol. The Balaban J connectivity index is 2.31. The topological polar surface area (TPSA) is 49.9 Å². The van der Waals surface area contributed by atoms with Crippen LogP contribution in [0.15, 0.2) is 0 Å². The number of hydrogen-bond donors (Lipinski definition) is 2. The van der Waals surface area contributed by atoms with Crippen molar-refractivity contribution in [3.8, 4) is 0 Å². The standard InChI is InChI=1S/C11H21N3O/c1-8(7-15-4)5-12-6-11-9(2)13-14-10(11)3/h8,12H,5-7H2,1-4H3,(H,13,14). The summed E-state index contributed by atoms with van der Waals surface area (Å²) in [4.78, 5) is 0. The van der Waals surface area contributed by atoms with Crippen molar-refractivity contribution in [3.63, 3.8) is 0 Å². The number of aromatic amines is 1. The molecule has 4 nitrogen and oxygen atoms in total. The molecule has 1 aromatic rings. The number of hydrogen-bond acceptors (Lipinski definition) is 3. The zero-order valence-corrected chi connectivity index (χ0v) is 10.1. The predicted octanol–water partition coefficient (Wildman–Crippen LogP) is 1.40. The van der Waals surface area contributed by atoms with Crippen molar-refractivity contribution >= 4 is 0 Å². The van der Waals surface area contributed by atoms with Crippen LogP contribution in [0, 0.1) is 19.8 Å². The van der Waals surface area contributed by atoms with Crippen LogP contribution >= 0.6 is 0 Å². The fourth-order valence-electron chi connectivity index (χ4n) is 1.62. The highest BCUT2D eigenvalue weighted by Crippen LogP contribution is 2.08. The van der Waals surface area contributed by atoms with Gasteiger partial charge in [0.15, 0.2) is 0 Å². The number of nitrogens with zero attached hydrogens (tertiary/aromatic N) is 1. The maximum Gasteiger partial charge on any atom is 0.0638 e. The van der Waals surface area contributed by atoms with Gasteiger partial charge in [-0.3, -0.25) is 5.10 Å². The second-order valence-corrected chi connectivity index (χ2v) is 4.10. The number of aryl methyl sites for hydroxylation is 2. The Hall–Kier alpha value is -0.870. The van der Waals surface area contributed by atoms with E-state index < -0.39 is 0 Å². The lowest BCUT2D eigenvalue weighted by atomic mass is 10.1. The van der Waals surface area contributed by atoms with Gasteiger partial charge in [-0.2, -0.15) is 5.10 Å². The summed E-state index contributed by atoms with van der Waals surface area (Å²) in [6, 6.07) is 0. The van der Waals surface area contributed by atoms with Crippen molar-refractivity contribution in [2.45, 2.75) is 27.3 Å². The number of ether oxygens (including phenoxy) is 1. The second kappa shape index (κ2) is 5.88. The Morgan fingerprint density at radius 1 is 1.47 bits per heavy atom. The van der Waals surface area contributed by atoms with E-state index in [2.05, 4.69) is 29.4 Å². The molecule has 1 rings (SSSR count). The summed E-state index contributed by atoms with van der Waals surface area (Å²) in [5.74, 6) is 0.544. The average molecular weight is 211 g/mol. The van der Waals surface area contributed by atoms with Gasteiger partial charge in [0.05, 0.1) is 5.69 Å². The molecule has 0 bridgehead atoms. The molecule has 0 saturated carbocycles. The lowest BCUT2D eigenvalue weighted by Gasteiger charge is -2.11. The minimum Gasteiger partial charge on any atom is -0.384 e. The third-order valence-electron chi connectivity index (χ3n) is 2.53. The van der Waals surface area contributed by atoms with Crippen LogP contribution in [-0.4, -0.2) is 30.5 Å². The molecule has 1 aromatic heterocycles. The van der Waals surface area contributed by atoms with Crippen molar-refractivity contribution in [2.24, 2.45) is 5.92 Å². The van der Waals surface area contributed by atoms with Crippen LogP contribution in [0.3, 0.4) is 0 Å². The molecule has 15 heavy (non-hydrogen) atoms. The third-order valence-corrected chi connectivity index (χ3v) is 2.53. The molecule has 0 saturated heterocycles. The first-order chi connectivity index (χ1) is 7.15. The maximum absolute atomic E-state index is 5.08. The van der Waals surface area contributed by atoms with Gasteiger partial charge in [-0.1, -0.05) is 6.92 Å². The minimum atomic E-state index is 0.544. The first-order valence-corrected chi connectivity index (χ1v) is 5.35. The van der Waals surface area contributed by atoms with Gasteiger partial charge in [0.2, 0.25) is 0 Å². The highest BCUT2D eigenvalue weighted by atomic mass is 16.5. The van der Waals surface area contributed by atoms with E-state index in [9.17, 15) is 0 Å². The van der Waals surface area contributed by atoms with Gasteiger partial charge in [-0.15, -0.1) is 0 Å². The first-order valence-electron chi connectivity index (χ1n) is 5.35. The Labute approximate surface area is 91.4 Å². The Morgan fingerprint density at radius 3 is 2.73 bits per heavy atom. The Bertz CT molecular complexity index is 277. The van der Waals surface area contributed by atoms with E-state index in [4.69, 9.17) is 4.74 Å². The van der Waals surface area contributed by atoms with E-state index in [0.29, 0.717) is 5.92 Å². The smallest absolute Gasteiger partial charge is 0.0638 e. The van der Waals surface area contributed by atoms with Crippen molar-refractivity contribution in [2.75, 3.05) is 20.3 Å². The molecule has 2 N–H and O–H groups in total. The molecule has 0 aliphatic carbocycles. The van der Waals surface area contributed by atoms with Crippen LogP contribution in [-0.2, 0) is 11.3 Å². The van der Waals surface area contributed by atoms with E-state index >= 15 is 0 Å². The summed E-state index contributed by atoms with van der Waals surface area (Å²) < 4.78 is 5.08. The average Bonchev–Trinajstić information content (AvgIpc) is 2.49. The van der Waals surface area contributed by atoms with Gasteiger partial charge < -0.3 is 10.1 Å². The van der Waals surface area contributed by atoms with E-state index in [-0.39, 0.29) is 0 Å². The zero-order valence-electron chi connectivity index (χ0n) is 10.1. The molecule has 0 spiro atoms. The van der Waals surface area contributed by atoms with Crippen molar-refractivity contribution in [1.29, 1.82) is 0 Å². The third kappa shape index (κ3) is 3.64. The molecule has 0 amide bonds. The molecule has 0 aliphatic rings. The van der Waals surface area contributed by atoms with Gasteiger partial charge in [0.1, 0.15) is 0 Å². The zero-order chi connectivity index (χ0) is 11.3. The lowest BCUT2D eigenvalue weighted by molar-refractivity contribution is 0.158. The van der Waals surface area contributed by atoms with Gasteiger partial charge in [0, 0.05) is 38.1 Å². The quantitative estimate of drug-likeness (QED) is 0.747. The largest absolute Gasteiger partial charge is 0.384 e. The number of rotatable bonds is 6. The number of H-pyrrole nitrogens is 1. The van der Waals surface area contributed by atoms with E-state index in [1.54, 1.807) is 7.11 Å². The maximum atomic E-state index is 5.08. The van der Waals surface area contributed by atoms with Crippen molar-refractivity contribution in [3.05, 3.63) is 17.0 Å². The fraction of sp³-hybridized carbons (Fsp3) is 0.727. The predicted molar refractivity (Wildman–Crippen MR) is 60.8 cm³/mol. The van der Waals surface area contributed by atoms with Crippen molar-refractivity contribution < 1.29 is 4.74 Å². The van der Waals surface area contributed by atoms with Crippen LogP contribution < -0.4 is 5.32 Å². The molecule has 0 fully saturated rings. The van der Waals surface area contributed by atoms with E-state index in [1.165, 1.54) is 5.56 Å². The Kier molecular flexibility index (Phi) is 4.78. The summed E-state index contributed by atoms with van der Waals surface area (Å²) in [5, 5.41) is 10.6. The molecule has 0 aliphatic heterocycles. The summed E-state index contributed by atoms with van der Waals surface area (Å²) in [7, 11) is 1.74. The molecule has 1 atom stereocenters. The van der Waals surface area contributed by atoms with Gasteiger partial charge in [-0.25, -0.2) is 0 Å². The normalized spacial score (nSPS) is 13.1. The van der Waals surface area contributed by atoms with Gasteiger partial charge in [-0.05, 0) is 19.8 Å². The highest BCUT2D eigenvalue weighted by Gasteiger charge is 2.06. The summed E-state index contributed by atoms with van der Waals surface area (Å²) in [5.41, 5.74) is 3.51. The Morgan fingerprint density at radius 2 is 2.20 bits per heavy atom. The minimum absolute atomic E-state index is 0.544. The molecule has 4 heteroatoms. The van der Waals surface area contributed by atoms with Crippen LogP contribution in [0.4, 0.5) is 0 Å². The number of aromatic nitrogens is 2. The van der Waals surface area contributed by atoms with E-state index in [1.807, 2.05) is 6.92 Å². The van der Waals surface area contributed by atoms with E-state index in [0.717, 1.165) is 31.1 Å². The second-order valence-electron chi connectivity index (χ2n) is 4.10. The SMILES string of the molecule is COCC(C)CNCc1c(C)n[nH]c1C. The molecule has 86 valence electrons. The van der Waals surface area contributed by atoms with Crippen LogP contribution in [0.5, 0.6) is 0 Å². The molecule has 0 radical (unpaired) electrons. The molecular weight excluding hydrogens is 190 g/mol. The van der Waals surface area contributed by atoms with Crippen LogP contribution in [0.1, 0.15) is 23.9 Å². The fourth-order valence-corrected chi connectivity index (χ4v) is 1.62.